The second kappa shape index (κ2) is 7.33. The number of para-hydroxylation sites is 2. The second-order valence-corrected chi connectivity index (χ2v) is 6.14. The Morgan fingerprint density at radius 3 is 2.37 bits per heavy atom. The molecule has 5 heteroatoms. The summed E-state index contributed by atoms with van der Waals surface area (Å²) in [6, 6.07) is 24.3. The summed E-state index contributed by atoms with van der Waals surface area (Å²) in [6.07, 6.45) is 0. The van der Waals surface area contributed by atoms with Gasteiger partial charge in [0, 0.05) is 5.56 Å². The Morgan fingerprint density at radius 2 is 1.52 bits per heavy atom. The maximum atomic E-state index is 12.3. The lowest BCUT2D eigenvalue weighted by Gasteiger charge is -2.13. The van der Waals surface area contributed by atoms with Crippen molar-refractivity contribution in [3.05, 3.63) is 111 Å². The van der Waals surface area contributed by atoms with Crippen LogP contribution in [0, 0.1) is 0 Å². The molecule has 134 valence electrons. The Morgan fingerprint density at radius 1 is 0.815 bits per heavy atom. The number of hydrogen-bond acceptors (Lipinski definition) is 4. The van der Waals surface area contributed by atoms with Crippen LogP contribution >= 0.6 is 0 Å². The number of fused-ring (bicyclic) bond motifs is 1. The molecule has 1 aromatic heterocycles. The molecule has 1 heterocycles. The quantitative estimate of drug-likeness (QED) is 0.546. The van der Waals surface area contributed by atoms with E-state index in [0.29, 0.717) is 23.3 Å². The van der Waals surface area contributed by atoms with Gasteiger partial charge in [0.1, 0.15) is 12.4 Å². The van der Waals surface area contributed by atoms with E-state index < -0.39 is 11.4 Å². The van der Waals surface area contributed by atoms with Crippen LogP contribution in [0.4, 0.5) is 0 Å². The van der Waals surface area contributed by atoms with Crippen molar-refractivity contribution >= 4 is 10.9 Å². The predicted octanol–water partition coefficient (Wildman–Crippen LogP) is 3.58. The monoisotopic (exact) mass is 359 g/mol. The van der Waals surface area contributed by atoms with Crippen molar-refractivity contribution in [3.63, 3.8) is 0 Å². The molecule has 4 rings (SSSR count). The first-order valence-electron chi connectivity index (χ1n) is 8.60. The van der Waals surface area contributed by atoms with Gasteiger partial charge in [-0.25, -0.2) is 9.59 Å². The molecule has 0 bridgehead atoms. The highest BCUT2D eigenvalue weighted by molar-refractivity contribution is 5.77. The summed E-state index contributed by atoms with van der Waals surface area (Å²) >= 11 is 0. The third-order valence-corrected chi connectivity index (χ3v) is 4.35. The minimum Gasteiger partial charge on any atom is -0.489 e. The van der Waals surface area contributed by atoms with Gasteiger partial charge in [0.15, 0.2) is 0 Å². The fraction of sp³-hybridized carbons (Fsp3) is 0.0909. The third kappa shape index (κ3) is 3.53. The van der Waals surface area contributed by atoms with Crippen LogP contribution in [0.15, 0.2) is 92.9 Å². The van der Waals surface area contributed by atoms with Crippen LogP contribution in [0.1, 0.15) is 11.1 Å². The van der Waals surface area contributed by atoms with Gasteiger partial charge >= 0.3 is 11.4 Å². The van der Waals surface area contributed by atoms with Crippen LogP contribution in [-0.2, 0) is 13.2 Å². The average Bonchev–Trinajstić information content (AvgIpc) is 2.71. The van der Waals surface area contributed by atoms with E-state index in [2.05, 4.69) is 0 Å². The number of aromatic nitrogens is 1. The molecule has 5 nitrogen and oxygen atoms in total. The Hall–Kier alpha value is -3.60. The molecule has 0 amide bonds. The first kappa shape index (κ1) is 16.8. The van der Waals surface area contributed by atoms with Crippen molar-refractivity contribution in [2.75, 3.05) is 0 Å². The molecular weight excluding hydrogens is 342 g/mol. The summed E-state index contributed by atoms with van der Waals surface area (Å²) in [5.74, 6) is 0.0000895. The van der Waals surface area contributed by atoms with Crippen molar-refractivity contribution < 1.29 is 9.15 Å². The van der Waals surface area contributed by atoms with E-state index in [4.69, 9.17) is 9.15 Å². The van der Waals surface area contributed by atoms with Crippen LogP contribution < -0.4 is 16.1 Å². The molecular formula is C22H17NO4. The topological polar surface area (TPSA) is 61.4 Å². The maximum Gasteiger partial charge on any atom is 0.422 e. The minimum atomic E-state index is -0.684. The van der Waals surface area contributed by atoms with Crippen LogP contribution in [0.2, 0.25) is 0 Å². The maximum absolute atomic E-state index is 12.3. The van der Waals surface area contributed by atoms with Crippen LogP contribution in [0.5, 0.6) is 5.75 Å². The summed E-state index contributed by atoms with van der Waals surface area (Å²) in [6.45, 7) is 0.672. The van der Waals surface area contributed by atoms with Crippen LogP contribution in [0.25, 0.3) is 10.9 Å². The van der Waals surface area contributed by atoms with E-state index in [-0.39, 0.29) is 6.54 Å². The number of rotatable bonds is 5. The number of hydrogen-bond donors (Lipinski definition) is 0. The molecule has 4 aromatic rings. The predicted molar refractivity (Wildman–Crippen MR) is 103 cm³/mol. The lowest BCUT2D eigenvalue weighted by Crippen LogP contribution is -2.25. The zero-order valence-corrected chi connectivity index (χ0v) is 14.5. The Kier molecular flexibility index (Phi) is 4.58. The largest absolute Gasteiger partial charge is 0.489 e. The van der Waals surface area contributed by atoms with Crippen molar-refractivity contribution in [2.24, 2.45) is 0 Å². The summed E-state index contributed by atoms with van der Waals surface area (Å²) in [5.41, 5.74) is 1.80. The molecule has 27 heavy (non-hydrogen) atoms. The molecule has 0 saturated carbocycles. The SMILES string of the molecule is O=c1oc(=O)n(Cc2ccccc2OCc2ccccc2)c2ccccc12. The molecule has 0 radical (unpaired) electrons. The zero-order valence-electron chi connectivity index (χ0n) is 14.5. The third-order valence-electron chi connectivity index (χ3n) is 4.35. The van der Waals surface area contributed by atoms with Crippen molar-refractivity contribution in [1.82, 2.24) is 4.57 Å². The van der Waals surface area contributed by atoms with Gasteiger partial charge in [0.2, 0.25) is 0 Å². The van der Waals surface area contributed by atoms with Crippen molar-refractivity contribution in [2.45, 2.75) is 13.2 Å². The van der Waals surface area contributed by atoms with Gasteiger partial charge in [0.25, 0.3) is 0 Å². The number of nitrogens with zero attached hydrogens (tertiary/aromatic N) is 1. The number of benzene rings is 3. The normalized spacial score (nSPS) is 10.8. The van der Waals surface area contributed by atoms with Gasteiger partial charge in [-0.1, -0.05) is 60.7 Å². The summed E-state index contributed by atoms with van der Waals surface area (Å²) < 4.78 is 12.3. The lowest BCUT2D eigenvalue weighted by atomic mass is 10.2. The van der Waals surface area contributed by atoms with E-state index in [0.717, 1.165) is 11.1 Å². The van der Waals surface area contributed by atoms with Gasteiger partial charge < -0.3 is 9.15 Å². The van der Waals surface area contributed by atoms with Gasteiger partial charge in [-0.2, -0.15) is 0 Å². The van der Waals surface area contributed by atoms with E-state index in [9.17, 15) is 9.59 Å². The molecule has 0 aliphatic carbocycles. The molecule has 0 atom stereocenters. The molecule has 3 aromatic carbocycles. The first-order chi connectivity index (χ1) is 13.2. The van der Waals surface area contributed by atoms with E-state index in [1.807, 2.05) is 54.6 Å². The highest BCUT2D eigenvalue weighted by Gasteiger charge is 2.12. The fourth-order valence-electron chi connectivity index (χ4n) is 3.00. The van der Waals surface area contributed by atoms with Gasteiger partial charge in [0.05, 0.1) is 17.4 Å². The number of ether oxygens (including phenoxy) is 1. The van der Waals surface area contributed by atoms with E-state index >= 15 is 0 Å². The van der Waals surface area contributed by atoms with Crippen LogP contribution in [0.3, 0.4) is 0 Å². The fourth-order valence-corrected chi connectivity index (χ4v) is 3.00. The lowest BCUT2D eigenvalue weighted by molar-refractivity contribution is 0.301. The Labute approximate surface area is 155 Å². The van der Waals surface area contributed by atoms with Gasteiger partial charge in [-0.3, -0.25) is 4.57 Å². The van der Waals surface area contributed by atoms with Crippen LogP contribution in [-0.4, -0.2) is 4.57 Å². The smallest absolute Gasteiger partial charge is 0.422 e. The second-order valence-electron chi connectivity index (χ2n) is 6.14. The van der Waals surface area contributed by atoms with E-state index in [1.165, 1.54) is 4.57 Å². The minimum absolute atomic E-state index is 0.244. The highest BCUT2D eigenvalue weighted by Crippen LogP contribution is 2.21. The molecule has 0 saturated heterocycles. The van der Waals surface area contributed by atoms with Gasteiger partial charge in [-0.15, -0.1) is 0 Å². The zero-order chi connectivity index (χ0) is 18.6. The molecule has 0 unspecified atom stereocenters. The summed E-state index contributed by atoms with van der Waals surface area (Å²) in [5, 5.41) is 0.375. The summed E-state index contributed by atoms with van der Waals surface area (Å²) in [4.78, 5) is 24.2. The Balaban J connectivity index is 1.69. The average molecular weight is 359 g/mol. The molecule has 0 aliphatic heterocycles. The highest BCUT2D eigenvalue weighted by atomic mass is 16.5. The first-order valence-corrected chi connectivity index (χ1v) is 8.60. The molecule has 0 spiro atoms. The summed E-state index contributed by atoms with van der Waals surface area (Å²) in [7, 11) is 0. The Bertz CT molecular complexity index is 1190. The van der Waals surface area contributed by atoms with Crippen molar-refractivity contribution in [3.8, 4) is 5.75 Å². The molecule has 0 fully saturated rings. The van der Waals surface area contributed by atoms with Gasteiger partial charge in [-0.05, 0) is 23.8 Å². The van der Waals surface area contributed by atoms with Crippen molar-refractivity contribution in [1.29, 1.82) is 0 Å². The standard InChI is InChI=1S/C22H17NO4/c24-21-18-11-5-6-12-19(18)23(22(25)27-21)14-17-10-4-7-13-20(17)26-15-16-8-2-1-3-9-16/h1-13H,14-15H2. The molecule has 0 aliphatic rings. The molecule has 0 N–H and O–H groups in total. The van der Waals surface area contributed by atoms with E-state index in [1.54, 1.807) is 24.3 Å².